The van der Waals surface area contributed by atoms with Gasteiger partial charge in [0.2, 0.25) is 11.2 Å². The highest BCUT2D eigenvalue weighted by Crippen LogP contribution is 2.31. The van der Waals surface area contributed by atoms with Crippen molar-refractivity contribution in [3.63, 3.8) is 0 Å². The van der Waals surface area contributed by atoms with Crippen LogP contribution in [0.25, 0.3) is 6.08 Å². The lowest BCUT2D eigenvalue weighted by molar-refractivity contribution is -0.753. The molecule has 0 spiro atoms. The highest BCUT2D eigenvalue weighted by Gasteiger charge is 2.33. The zero-order valence-electron chi connectivity index (χ0n) is 18.1. The van der Waals surface area contributed by atoms with Gasteiger partial charge < -0.3 is 0 Å². The molecule has 0 aliphatic carbocycles. The summed E-state index contributed by atoms with van der Waals surface area (Å²) in [4.78, 5) is 32.8. The molecule has 0 bridgehead atoms. The van der Waals surface area contributed by atoms with Crippen LogP contribution in [0.1, 0.15) is 5.56 Å². The molecule has 0 atom stereocenters. The molecule has 174 valence electrons. The van der Waals surface area contributed by atoms with Crippen molar-refractivity contribution in [1.29, 1.82) is 0 Å². The number of nitrogens with one attached hydrogen (secondary N) is 1. The summed E-state index contributed by atoms with van der Waals surface area (Å²) in [6.07, 6.45) is 2.81. The van der Waals surface area contributed by atoms with Crippen LogP contribution >= 0.6 is 23.4 Å². The Bertz CT molecular complexity index is 1270. The van der Waals surface area contributed by atoms with Gasteiger partial charge in [-0.3, -0.25) is 24.3 Å². The molecule has 0 radical (unpaired) electrons. The second-order valence-corrected chi connectivity index (χ2v) is 8.56. The number of aromatic nitrogens is 2. The fourth-order valence-corrected chi connectivity index (χ4v) is 4.00. The Morgan fingerprint density at radius 2 is 2.03 bits per heavy atom. The fourth-order valence-electron chi connectivity index (χ4n) is 2.97. The predicted molar refractivity (Wildman–Crippen MR) is 129 cm³/mol. The quantitative estimate of drug-likeness (QED) is 0.412. The van der Waals surface area contributed by atoms with E-state index in [4.69, 9.17) is 16.1 Å². The molecule has 1 aliphatic rings. The van der Waals surface area contributed by atoms with Crippen LogP contribution in [0.3, 0.4) is 0 Å². The van der Waals surface area contributed by atoms with E-state index < -0.39 is 11.7 Å². The summed E-state index contributed by atoms with van der Waals surface area (Å²) < 4.78 is 19.3. The van der Waals surface area contributed by atoms with Gasteiger partial charge in [0.15, 0.2) is 5.17 Å². The SMILES string of the molecule is CN(C)[n+]1cc(NC(=O)CSC2=N/C(=C\c3c(F)cccc3Cl)C(=O)N2c2ccccc2)on1. The van der Waals surface area contributed by atoms with Gasteiger partial charge in [0, 0.05) is 5.56 Å². The first-order valence-corrected chi connectivity index (χ1v) is 11.3. The van der Waals surface area contributed by atoms with Crippen LogP contribution in [0.5, 0.6) is 0 Å². The molecule has 2 amide bonds. The number of rotatable bonds is 6. The van der Waals surface area contributed by atoms with Crippen molar-refractivity contribution in [2.75, 3.05) is 35.1 Å². The van der Waals surface area contributed by atoms with E-state index in [1.165, 1.54) is 40.2 Å². The number of carbonyl (C=O) groups excluding carboxylic acids is 2. The maximum absolute atomic E-state index is 14.3. The van der Waals surface area contributed by atoms with Crippen LogP contribution in [0.2, 0.25) is 5.02 Å². The average molecular weight is 502 g/mol. The van der Waals surface area contributed by atoms with Crippen LogP contribution in [0.15, 0.2) is 69.9 Å². The zero-order valence-corrected chi connectivity index (χ0v) is 19.7. The van der Waals surface area contributed by atoms with Crippen molar-refractivity contribution in [2.24, 2.45) is 4.99 Å². The Kier molecular flexibility index (Phi) is 6.94. The molecule has 1 N–H and O–H groups in total. The number of thioether (sulfide) groups is 1. The molecular formula is C22H19ClFN6O3S+. The van der Waals surface area contributed by atoms with E-state index in [2.05, 4.69) is 15.6 Å². The van der Waals surface area contributed by atoms with Gasteiger partial charge in [-0.1, -0.05) is 47.6 Å². The molecule has 2 aromatic carbocycles. The molecule has 2 heterocycles. The summed E-state index contributed by atoms with van der Waals surface area (Å²) in [6.45, 7) is 0. The third kappa shape index (κ3) is 5.10. The number of aliphatic imine (C=N–C) groups is 1. The zero-order chi connectivity index (χ0) is 24.2. The number of amides is 2. The summed E-state index contributed by atoms with van der Waals surface area (Å²) in [5, 5.41) is 8.43. The van der Waals surface area contributed by atoms with E-state index in [1.54, 1.807) is 43.4 Å². The van der Waals surface area contributed by atoms with E-state index in [0.717, 1.165) is 11.8 Å². The van der Waals surface area contributed by atoms with Gasteiger partial charge in [0.05, 0.1) is 35.3 Å². The lowest BCUT2D eigenvalue weighted by Gasteiger charge is -2.17. The van der Waals surface area contributed by atoms with E-state index in [9.17, 15) is 14.0 Å². The van der Waals surface area contributed by atoms with Crippen LogP contribution < -0.4 is 20.0 Å². The smallest absolute Gasteiger partial charge is 0.288 e. The second kappa shape index (κ2) is 10.1. The molecule has 3 aromatic rings. The minimum absolute atomic E-state index is 0.000945. The lowest BCUT2D eigenvalue weighted by Crippen LogP contribution is -2.53. The molecule has 0 fully saturated rings. The van der Waals surface area contributed by atoms with Crippen molar-refractivity contribution in [2.45, 2.75) is 0 Å². The van der Waals surface area contributed by atoms with Gasteiger partial charge in [-0.15, -0.1) is 0 Å². The maximum atomic E-state index is 14.3. The van der Waals surface area contributed by atoms with Crippen LogP contribution in [-0.4, -0.2) is 42.1 Å². The first kappa shape index (κ1) is 23.5. The van der Waals surface area contributed by atoms with Crippen molar-refractivity contribution >= 4 is 58.0 Å². The molecule has 1 aromatic heterocycles. The highest BCUT2D eigenvalue weighted by atomic mass is 35.5. The van der Waals surface area contributed by atoms with Crippen molar-refractivity contribution in [3.05, 3.63) is 76.8 Å². The van der Waals surface area contributed by atoms with Crippen molar-refractivity contribution in [3.8, 4) is 0 Å². The molecule has 0 saturated heterocycles. The number of hydrogen-bond acceptors (Lipinski definition) is 7. The summed E-state index contributed by atoms with van der Waals surface area (Å²) >= 11 is 7.16. The van der Waals surface area contributed by atoms with E-state index >= 15 is 0 Å². The second-order valence-electron chi connectivity index (χ2n) is 7.21. The topological polar surface area (TPSA) is 94.9 Å². The molecular weight excluding hydrogens is 483 g/mol. The van der Waals surface area contributed by atoms with Gasteiger partial charge in [-0.25, -0.2) is 9.38 Å². The number of benzene rings is 2. The minimum Gasteiger partial charge on any atom is -0.288 e. The number of halogens is 2. The van der Waals surface area contributed by atoms with Crippen LogP contribution in [0, 0.1) is 5.82 Å². The van der Waals surface area contributed by atoms with Gasteiger partial charge in [-0.2, -0.15) is 5.01 Å². The molecule has 1 aliphatic heterocycles. The Balaban J connectivity index is 1.57. The maximum Gasteiger partial charge on any atom is 0.305 e. The molecule has 4 rings (SSSR count). The van der Waals surface area contributed by atoms with E-state index in [-0.39, 0.29) is 39.0 Å². The number of anilines is 2. The lowest BCUT2D eigenvalue weighted by atomic mass is 10.1. The van der Waals surface area contributed by atoms with Crippen LogP contribution in [-0.2, 0) is 9.59 Å². The summed E-state index contributed by atoms with van der Waals surface area (Å²) in [7, 11) is 3.52. The molecule has 0 unspecified atom stereocenters. The highest BCUT2D eigenvalue weighted by molar-refractivity contribution is 8.14. The largest absolute Gasteiger partial charge is 0.305 e. The molecule has 34 heavy (non-hydrogen) atoms. The minimum atomic E-state index is -0.572. The Morgan fingerprint density at radius 1 is 1.26 bits per heavy atom. The van der Waals surface area contributed by atoms with E-state index in [1.807, 2.05) is 6.07 Å². The third-order valence-corrected chi connectivity index (χ3v) is 5.85. The monoisotopic (exact) mass is 501 g/mol. The average Bonchev–Trinajstić information content (AvgIpc) is 3.40. The first-order chi connectivity index (χ1) is 16.3. The van der Waals surface area contributed by atoms with Crippen molar-refractivity contribution in [1.82, 2.24) is 5.27 Å². The normalized spacial score (nSPS) is 14.5. The summed E-state index contributed by atoms with van der Waals surface area (Å²) in [6, 6.07) is 13.1. The third-order valence-electron chi connectivity index (χ3n) is 4.59. The molecule has 0 saturated carbocycles. The number of nitrogens with zero attached hydrogens (tertiary/aromatic N) is 5. The molecule has 9 nitrogen and oxygen atoms in total. The number of para-hydroxylation sites is 1. The predicted octanol–water partition coefficient (Wildman–Crippen LogP) is 3.07. The standard InChI is InChI=1S/C22H18ClFN6O3S/c1-28(2)29-12-20(33-27-29)26-19(31)13-34-22-25-18(11-15-16(23)9-6-10-17(15)24)21(32)30(22)14-7-4-3-5-8-14/h3-12H,13H2,1-2H3/p+1/b18-11-. The Morgan fingerprint density at radius 3 is 2.71 bits per heavy atom. The summed E-state index contributed by atoms with van der Waals surface area (Å²) in [5.74, 6) is -1.32. The fraction of sp³-hybridized carbons (Fsp3) is 0.136. The van der Waals surface area contributed by atoms with Crippen LogP contribution in [0.4, 0.5) is 16.0 Å². The molecule has 12 heteroatoms. The van der Waals surface area contributed by atoms with Gasteiger partial charge in [0.25, 0.3) is 12.1 Å². The first-order valence-electron chi connectivity index (χ1n) is 9.96. The number of hydrogen-bond donors (Lipinski definition) is 1. The summed E-state index contributed by atoms with van der Waals surface area (Å²) in [5.41, 5.74) is 0.623. The van der Waals surface area contributed by atoms with Gasteiger partial charge in [0.1, 0.15) is 11.5 Å². The number of carbonyl (C=O) groups is 2. The number of amidine groups is 1. The van der Waals surface area contributed by atoms with Gasteiger partial charge >= 0.3 is 5.88 Å². The Hall–Kier alpha value is -3.70. The van der Waals surface area contributed by atoms with Crippen molar-refractivity contribution < 1.29 is 23.3 Å². The Labute approximate surface area is 203 Å². The van der Waals surface area contributed by atoms with E-state index in [0.29, 0.717) is 5.69 Å². The van der Waals surface area contributed by atoms with Gasteiger partial charge in [-0.05, 0) is 30.3 Å².